The zero-order chi connectivity index (χ0) is 24.2. The molecule has 34 heavy (non-hydrogen) atoms. The number of aromatic nitrogens is 2. The molecule has 1 N–H and O–H groups in total. The third-order valence-corrected chi connectivity index (χ3v) is 11.0. The fraction of sp³-hybridized carbons (Fsp3) is 0.214. The third kappa shape index (κ3) is 4.93. The molecule has 0 radical (unpaired) electrons. The number of Topliss-reactive ketones (excluding diaryl/α,β-unsaturated/α-hetero) is 1. The van der Waals surface area contributed by atoms with Crippen molar-refractivity contribution in [3.63, 3.8) is 0 Å². The van der Waals surface area contributed by atoms with Gasteiger partial charge in [-0.15, -0.1) is 0 Å². The fourth-order valence-electron chi connectivity index (χ4n) is 4.41. The van der Waals surface area contributed by atoms with Crippen molar-refractivity contribution >= 4 is 24.5 Å². The molecule has 6 heteroatoms. The number of H-pyrrole nitrogens is 1. The Bertz CT molecular complexity index is 1190. The summed E-state index contributed by atoms with van der Waals surface area (Å²) in [4.78, 5) is 20.3. The van der Waals surface area contributed by atoms with Gasteiger partial charge in [0.25, 0.3) is 8.32 Å². The van der Waals surface area contributed by atoms with Crippen LogP contribution in [0.2, 0.25) is 5.04 Å². The number of benzene rings is 3. The van der Waals surface area contributed by atoms with E-state index in [4.69, 9.17) is 4.43 Å². The van der Waals surface area contributed by atoms with Crippen molar-refractivity contribution in [1.29, 1.82) is 0 Å². The molecule has 0 amide bonds. The number of aromatic amines is 1. The number of carbonyl (C=O) groups excluding carboxylic acids is 1. The SMILES string of the molecule is CC(C)(C)[Si](OCc1nc(CC(=O)c2ccc(F)cc2)c[nH]1)(c1ccccc1)c1ccccc1. The van der Waals surface area contributed by atoms with Gasteiger partial charge in [-0.05, 0) is 39.7 Å². The monoisotopic (exact) mass is 472 g/mol. The second kappa shape index (κ2) is 9.87. The Hall–Kier alpha value is -3.35. The molecule has 0 aliphatic rings. The molecule has 1 heterocycles. The van der Waals surface area contributed by atoms with Gasteiger partial charge in [-0.1, -0.05) is 81.4 Å². The Balaban J connectivity index is 1.59. The van der Waals surface area contributed by atoms with Gasteiger partial charge in [-0.2, -0.15) is 0 Å². The summed E-state index contributed by atoms with van der Waals surface area (Å²) in [5.74, 6) is 0.208. The van der Waals surface area contributed by atoms with Crippen LogP contribution < -0.4 is 10.4 Å². The van der Waals surface area contributed by atoms with Crippen molar-refractivity contribution in [2.24, 2.45) is 0 Å². The predicted molar refractivity (Wildman–Crippen MR) is 135 cm³/mol. The molecular weight excluding hydrogens is 443 g/mol. The lowest BCUT2D eigenvalue weighted by atomic mass is 10.1. The van der Waals surface area contributed by atoms with Gasteiger partial charge in [-0.25, -0.2) is 9.37 Å². The van der Waals surface area contributed by atoms with Crippen molar-refractivity contribution in [2.45, 2.75) is 38.8 Å². The van der Waals surface area contributed by atoms with Gasteiger partial charge in [0.15, 0.2) is 5.78 Å². The van der Waals surface area contributed by atoms with Crippen LogP contribution in [0.1, 0.15) is 42.6 Å². The molecule has 0 aliphatic heterocycles. The molecule has 0 fully saturated rings. The lowest BCUT2D eigenvalue weighted by Crippen LogP contribution is -2.66. The third-order valence-electron chi connectivity index (χ3n) is 6.03. The summed E-state index contributed by atoms with van der Waals surface area (Å²) >= 11 is 0. The molecule has 0 atom stereocenters. The van der Waals surface area contributed by atoms with Crippen molar-refractivity contribution < 1.29 is 13.6 Å². The second-order valence-corrected chi connectivity index (χ2v) is 13.7. The standard InChI is InChI=1S/C28H29FN2O2Si/c1-28(2,3)34(24-10-6-4-7-11-24,25-12-8-5-9-13-25)33-20-27-30-19-23(31-27)18-26(32)21-14-16-22(29)17-15-21/h4-17,19H,18,20H2,1-3H3,(H,30,31). The normalized spacial score (nSPS) is 12.0. The number of halogens is 1. The van der Waals surface area contributed by atoms with Crippen LogP contribution in [-0.4, -0.2) is 24.1 Å². The quantitative estimate of drug-likeness (QED) is 0.288. The lowest BCUT2D eigenvalue weighted by Gasteiger charge is -2.42. The minimum atomic E-state index is -2.68. The molecular formula is C28H29FN2O2Si. The summed E-state index contributed by atoms with van der Waals surface area (Å²) in [6.45, 7) is 6.99. The maximum absolute atomic E-state index is 13.2. The number of hydrogen-bond donors (Lipinski definition) is 1. The van der Waals surface area contributed by atoms with Crippen molar-refractivity contribution in [3.8, 4) is 0 Å². The molecule has 0 aliphatic carbocycles. The molecule has 1 aromatic heterocycles. The topological polar surface area (TPSA) is 55.0 Å². The van der Waals surface area contributed by atoms with E-state index in [0.717, 1.165) is 0 Å². The number of nitrogens with one attached hydrogen (secondary N) is 1. The van der Waals surface area contributed by atoms with Crippen LogP contribution in [0, 0.1) is 5.82 Å². The number of nitrogens with zero attached hydrogens (tertiary/aromatic N) is 1. The predicted octanol–water partition coefficient (Wildman–Crippen LogP) is 5.05. The van der Waals surface area contributed by atoms with E-state index in [0.29, 0.717) is 23.7 Å². The summed E-state index contributed by atoms with van der Waals surface area (Å²) in [5.41, 5.74) is 1.10. The van der Waals surface area contributed by atoms with Gasteiger partial charge >= 0.3 is 0 Å². The first-order valence-electron chi connectivity index (χ1n) is 11.4. The van der Waals surface area contributed by atoms with Crippen LogP contribution in [0.5, 0.6) is 0 Å². The molecule has 174 valence electrons. The zero-order valence-electron chi connectivity index (χ0n) is 19.7. The Morgan fingerprint density at radius 1 is 0.912 bits per heavy atom. The molecule has 0 unspecified atom stereocenters. The summed E-state index contributed by atoms with van der Waals surface area (Å²) < 4.78 is 20.0. The van der Waals surface area contributed by atoms with Crippen LogP contribution in [0.25, 0.3) is 0 Å². The van der Waals surface area contributed by atoms with E-state index in [2.05, 4.69) is 79.3 Å². The number of carbonyl (C=O) groups is 1. The molecule has 4 aromatic rings. The van der Waals surface area contributed by atoms with E-state index in [1.54, 1.807) is 6.20 Å². The first-order valence-corrected chi connectivity index (χ1v) is 13.3. The smallest absolute Gasteiger partial charge is 0.261 e. The molecule has 0 saturated heterocycles. The van der Waals surface area contributed by atoms with Gasteiger partial charge in [0.2, 0.25) is 0 Å². The van der Waals surface area contributed by atoms with Gasteiger partial charge in [-0.3, -0.25) is 4.79 Å². The molecule has 3 aromatic carbocycles. The highest BCUT2D eigenvalue weighted by Gasteiger charge is 2.50. The van der Waals surface area contributed by atoms with E-state index in [9.17, 15) is 9.18 Å². The summed E-state index contributed by atoms with van der Waals surface area (Å²) in [6.07, 6.45) is 1.88. The van der Waals surface area contributed by atoms with Crippen molar-refractivity contribution in [2.75, 3.05) is 0 Å². The second-order valence-electron chi connectivity index (χ2n) is 9.40. The van der Waals surface area contributed by atoms with Crippen molar-refractivity contribution in [1.82, 2.24) is 9.97 Å². The molecule has 4 rings (SSSR count). The molecule has 0 spiro atoms. The van der Waals surface area contributed by atoms with E-state index in [1.807, 2.05) is 12.1 Å². The van der Waals surface area contributed by atoms with Gasteiger partial charge in [0, 0.05) is 11.8 Å². The summed E-state index contributed by atoms with van der Waals surface area (Å²) in [7, 11) is -2.68. The average Bonchev–Trinajstić information content (AvgIpc) is 3.27. The van der Waals surface area contributed by atoms with Gasteiger partial charge in [0.1, 0.15) is 11.6 Å². The number of ketones is 1. The highest BCUT2D eigenvalue weighted by atomic mass is 28.4. The van der Waals surface area contributed by atoms with E-state index in [1.165, 1.54) is 34.6 Å². The zero-order valence-corrected chi connectivity index (χ0v) is 20.7. The van der Waals surface area contributed by atoms with Crippen LogP contribution in [0.4, 0.5) is 4.39 Å². The maximum Gasteiger partial charge on any atom is 0.261 e. The first kappa shape index (κ1) is 23.8. The van der Waals surface area contributed by atoms with E-state index < -0.39 is 8.32 Å². The molecule has 0 saturated carbocycles. The highest BCUT2D eigenvalue weighted by Crippen LogP contribution is 2.37. The largest absolute Gasteiger partial charge is 0.400 e. The number of imidazole rings is 1. The minimum Gasteiger partial charge on any atom is -0.400 e. The van der Waals surface area contributed by atoms with Crippen LogP contribution in [-0.2, 0) is 17.5 Å². The van der Waals surface area contributed by atoms with E-state index >= 15 is 0 Å². The highest BCUT2D eigenvalue weighted by molar-refractivity contribution is 6.99. The Labute approximate surface area is 201 Å². The average molecular weight is 473 g/mol. The van der Waals surface area contributed by atoms with E-state index in [-0.39, 0.29) is 23.1 Å². The van der Waals surface area contributed by atoms with Crippen molar-refractivity contribution in [3.05, 3.63) is 114 Å². The van der Waals surface area contributed by atoms with Crippen LogP contribution in [0.3, 0.4) is 0 Å². The fourth-order valence-corrected chi connectivity index (χ4v) is 8.92. The Kier molecular flexibility index (Phi) is 6.91. The van der Waals surface area contributed by atoms with Gasteiger partial charge < -0.3 is 9.41 Å². The summed E-state index contributed by atoms with van der Waals surface area (Å²) in [6, 6.07) is 26.5. The van der Waals surface area contributed by atoms with Crippen LogP contribution in [0.15, 0.2) is 91.1 Å². The maximum atomic E-state index is 13.2. The van der Waals surface area contributed by atoms with Gasteiger partial charge in [0.05, 0.1) is 18.7 Å². The summed E-state index contributed by atoms with van der Waals surface area (Å²) in [5, 5.41) is 2.27. The lowest BCUT2D eigenvalue weighted by molar-refractivity contribution is 0.0992. The Morgan fingerprint density at radius 3 is 2.00 bits per heavy atom. The number of rotatable bonds is 8. The van der Waals surface area contributed by atoms with Crippen LogP contribution >= 0.6 is 0 Å². The molecule has 4 nitrogen and oxygen atoms in total. The first-order chi connectivity index (χ1) is 16.3. The Morgan fingerprint density at radius 2 is 1.47 bits per heavy atom. The molecule has 0 bridgehead atoms. The minimum absolute atomic E-state index is 0.106. The number of hydrogen-bond acceptors (Lipinski definition) is 3.